The van der Waals surface area contributed by atoms with Crippen molar-refractivity contribution in [1.29, 1.82) is 0 Å². The quantitative estimate of drug-likeness (QED) is 0.691. The number of primary amides is 1. The zero-order chi connectivity index (χ0) is 21.0. The van der Waals surface area contributed by atoms with Crippen LogP contribution in [-0.4, -0.2) is 34.8 Å². The summed E-state index contributed by atoms with van der Waals surface area (Å²) in [6.45, 7) is 0.907. The molecule has 152 valence electrons. The summed E-state index contributed by atoms with van der Waals surface area (Å²) in [5, 5.41) is 0. The topological polar surface area (TPSA) is 76.3 Å². The molecule has 1 aliphatic heterocycles. The third-order valence-corrected chi connectivity index (χ3v) is 5.96. The van der Waals surface area contributed by atoms with E-state index in [0.29, 0.717) is 32.4 Å². The first-order chi connectivity index (χ1) is 14.6. The van der Waals surface area contributed by atoms with Gasteiger partial charge < -0.3 is 10.6 Å². The summed E-state index contributed by atoms with van der Waals surface area (Å²) < 4.78 is 0. The molecule has 2 aromatic carbocycles. The zero-order valence-corrected chi connectivity index (χ0v) is 16.8. The molecule has 0 saturated carbocycles. The first-order valence-electron chi connectivity index (χ1n) is 10.2. The molecular formula is C25H25N3O2. The van der Waals surface area contributed by atoms with Crippen LogP contribution in [-0.2, 0) is 22.4 Å². The molecule has 4 rings (SSSR count). The number of benzene rings is 2. The normalized spacial score (nSPS) is 18.3. The number of pyridine rings is 1. The Labute approximate surface area is 176 Å². The van der Waals surface area contributed by atoms with Crippen molar-refractivity contribution in [2.45, 2.75) is 19.3 Å². The highest BCUT2D eigenvalue weighted by Crippen LogP contribution is 2.37. The molecule has 2 amide bonds. The van der Waals surface area contributed by atoms with E-state index in [1.54, 1.807) is 17.3 Å². The lowest BCUT2D eigenvalue weighted by Gasteiger charge is -2.27. The van der Waals surface area contributed by atoms with Crippen LogP contribution in [0.5, 0.6) is 0 Å². The molecule has 0 unspecified atom stereocenters. The number of carbonyl (C=O) groups is 2. The van der Waals surface area contributed by atoms with Gasteiger partial charge in [-0.05, 0) is 47.2 Å². The Balaban J connectivity index is 1.56. The van der Waals surface area contributed by atoms with Crippen molar-refractivity contribution in [2.24, 2.45) is 11.1 Å². The number of nitrogens with zero attached hydrogens (tertiary/aromatic N) is 2. The minimum Gasteiger partial charge on any atom is -0.369 e. The number of hydrogen-bond donors (Lipinski definition) is 1. The van der Waals surface area contributed by atoms with Crippen molar-refractivity contribution in [3.8, 4) is 11.1 Å². The smallest absolute Gasteiger partial charge is 0.227 e. The van der Waals surface area contributed by atoms with Gasteiger partial charge in [0.25, 0.3) is 0 Å². The maximum absolute atomic E-state index is 12.8. The van der Waals surface area contributed by atoms with Crippen LogP contribution in [0, 0.1) is 5.41 Å². The molecule has 0 bridgehead atoms. The van der Waals surface area contributed by atoms with Crippen molar-refractivity contribution in [3.05, 3.63) is 90.3 Å². The van der Waals surface area contributed by atoms with Gasteiger partial charge in [0.2, 0.25) is 11.8 Å². The van der Waals surface area contributed by atoms with Gasteiger partial charge in [-0.2, -0.15) is 0 Å². The summed E-state index contributed by atoms with van der Waals surface area (Å²) >= 11 is 0. The number of rotatable bonds is 6. The summed E-state index contributed by atoms with van der Waals surface area (Å²) in [4.78, 5) is 31.3. The van der Waals surface area contributed by atoms with Gasteiger partial charge in [-0.3, -0.25) is 14.6 Å². The molecular weight excluding hydrogens is 374 g/mol. The van der Waals surface area contributed by atoms with E-state index in [-0.39, 0.29) is 11.8 Å². The predicted octanol–water partition coefficient (Wildman–Crippen LogP) is 3.24. The van der Waals surface area contributed by atoms with E-state index in [9.17, 15) is 9.59 Å². The molecule has 0 radical (unpaired) electrons. The monoisotopic (exact) mass is 399 g/mol. The first-order valence-corrected chi connectivity index (χ1v) is 10.2. The van der Waals surface area contributed by atoms with Gasteiger partial charge in [0.15, 0.2) is 0 Å². The van der Waals surface area contributed by atoms with E-state index in [2.05, 4.69) is 4.98 Å². The SMILES string of the molecule is NC(=O)[C@@]1(Cc2ccccc2-c2ccncc2)CCN(C(=O)Cc2ccccc2)C1. The molecule has 30 heavy (non-hydrogen) atoms. The number of likely N-dealkylation sites (tertiary alicyclic amines) is 1. The first kappa shape index (κ1) is 19.8. The Morgan fingerprint density at radius 3 is 2.40 bits per heavy atom. The summed E-state index contributed by atoms with van der Waals surface area (Å²) in [5.41, 5.74) is 9.29. The largest absolute Gasteiger partial charge is 0.369 e. The van der Waals surface area contributed by atoms with Crippen molar-refractivity contribution in [3.63, 3.8) is 0 Å². The fourth-order valence-electron chi connectivity index (χ4n) is 4.25. The highest BCUT2D eigenvalue weighted by molar-refractivity contribution is 5.85. The van der Waals surface area contributed by atoms with E-state index >= 15 is 0 Å². The van der Waals surface area contributed by atoms with E-state index in [1.807, 2.05) is 66.7 Å². The molecule has 3 aromatic rings. The molecule has 1 fully saturated rings. The highest BCUT2D eigenvalue weighted by atomic mass is 16.2. The van der Waals surface area contributed by atoms with Crippen molar-refractivity contribution < 1.29 is 9.59 Å². The Kier molecular flexibility index (Phi) is 5.61. The average Bonchev–Trinajstić information content (AvgIpc) is 3.21. The Bertz CT molecular complexity index is 1040. The second-order valence-corrected chi connectivity index (χ2v) is 7.94. The van der Waals surface area contributed by atoms with Gasteiger partial charge in [0.1, 0.15) is 0 Å². The Morgan fingerprint density at radius 2 is 1.67 bits per heavy atom. The summed E-state index contributed by atoms with van der Waals surface area (Å²) in [7, 11) is 0. The Hall–Kier alpha value is -3.47. The summed E-state index contributed by atoms with van der Waals surface area (Å²) in [5.74, 6) is -0.311. The van der Waals surface area contributed by atoms with Crippen LogP contribution in [0.3, 0.4) is 0 Å². The number of amides is 2. The lowest BCUT2D eigenvalue weighted by Crippen LogP contribution is -2.42. The molecule has 5 heteroatoms. The minimum absolute atomic E-state index is 0.0340. The third kappa shape index (κ3) is 4.10. The zero-order valence-electron chi connectivity index (χ0n) is 16.8. The molecule has 1 atom stereocenters. The van der Waals surface area contributed by atoms with Gasteiger partial charge in [-0.15, -0.1) is 0 Å². The van der Waals surface area contributed by atoms with E-state index < -0.39 is 5.41 Å². The number of carbonyl (C=O) groups excluding carboxylic acids is 2. The Morgan fingerprint density at radius 1 is 0.967 bits per heavy atom. The van der Waals surface area contributed by atoms with Crippen LogP contribution in [0.2, 0.25) is 0 Å². The van der Waals surface area contributed by atoms with Crippen molar-refractivity contribution in [2.75, 3.05) is 13.1 Å². The molecule has 2 N–H and O–H groups in total. The van der Waals surface area contributed by atoms with Crippen LogP contribution in [0.25, 0.3) is 11.1 Å². The fourth-order valence-corrected chi connectivity index (χ4v) is 4.25. The molecule has 1 saturated heterocycles. The minimum atomic E-state index is -0.754. The van der Waals surface area contributed by atoms with E-state index in [1.165, 1.54) is 0 Å². The van der Waals surface area contributed by atoms with Gasteiger partial charge in [-0.1, -0.05) is 54.6 Å². The molecule has 2 heterocycles. The lowest BCUT2D eigenvalue weighted by atomic mass is 9.78. The third-order valence-electron chi connectivity index (χ3n) is 5.96. The number of hydrogen-bond acceptors (Lipinski definition) is 3. The van der Waals surface area contributed by atoms with Crippen LogP contribution in [0.1, 0.15) is 17.5 Å². The molecule has 1 aliphatic rings. The van der Waals surface area contributed by atoms with Crippen LogP contribution >= 0.6 is 0 Å². The summed E-state index contributed by atoms with van der Waals surface area (Å²) in [6, 6.07) is 21.6. The maximum Gasteiger partial charge on any atom is 0.227 e. The average molecular weight is 399 g/mol. The standard InChI is InChI=1S/C25H25N3O2/c26-24(30)25(12-15-28(18-25)23(29)16-19-6-2-1-3-7-19)17-21-8-4-5-9-22(21)20-10-13-27-14-11-20/h1-11,13-14H,12,15-18H2,(H2,26,30)/t25-/m1/s1. The van der Waals surface area contributed by atoms with Crippen LogP contribution in [0.4, 0.5) is 0 Å². The second-order valence-electron chi connectivity index (χ2n) is 7.94. The van der Waals surface area contributed by atoms with Crippen LogP contribution < -0.4 is 5.73 Å². The summed E-state index contributed by atoms with van der Waals surface area (Å²) in [6.07, 6.45) is 4.94. The molecule has 5 nitrogen and oxygen atoms in total. The van der Waals surface area contributed by atoms with Crippen molar-refractivity contribution >= 4 is 11.8 Å². The van der Waals surface area contributed by atoms with E-state index in [0.717, 1.165) is 22.3 Å². The molecule has 0 aliphatic carbocycles. The van der Waals surface area contributed by atoms with Gasteiger partial charge in [-0.25, -0.2) is 0 Å². The van der Waals surface area contributed by atoms with Gasteiger partial charge in [0.05, 0.1) is 11.8 Å². The van der Waals surface area contributed by atoms with Crippen molar-refractivity contribution in [1.82, 2.24) is 9.88 Å². The van der Waals surface area contributed by atoms with Crippen LogP contribution in [0.15, 0.2) is 79.1 Å². The van der Waals surface area contributed by atoms with Gasteiger partial charge >= 0.3 is 0 Å². The number of aromatic nitrogens is 1. The predicted molar refractivity (Wildman–Crippen MR) is 116 cm³/mol. The molecule has 0 spiro atoms. The molecule has 1 aromatic heterocycles. The highest BCUT2D eigenvalue weighted by Gasteiger charge is 2.45. The maximum atomic E-state index is 12.8. The lowest BCUT2D eigenvalue weighted by molar-refractivity contribution is -0.131. The second kappa shape index (κ2) is 8.49. The van der Waals surface area contributed by atoms with Gasteiger partial charge in [0, 0.05) is 25.5 Å². The fraction of sp³-hybridized carbons (Fsp3) is 0.240. The van der Waals surface area contributed by atoms with E-state index in [4.69, 9.17) is 5.73 Å². The number of nitrogens with two attached hydrogens (primary N) is 1.